The number of ether oxygens (including phenoxy) is 3. The zero-order valence-electron chi connectivity index (χ0n) is 20.4. The lowest BCUT2D eigenvalue weighted by molar-refractivity contribution is 0.131. The number of aromatic nitrogens is 6. The molecule has 2 N–H and O–H groups in total. The highest BCUT2D eigenvalue weighted by Crippen LogP contribution is 2.49. The third-order valence-electron chi connectivity index (χ3n) is 5.73. The van der Waals surface area contributed by atoms with E-state index < -0.39 is 5.88 Å². The molecule has 0 aliphatic carbocycles. The first-order valence-corrected chi connectivity index (χ1v) is 11.4. The lowest BCUT2D eigenvalue weighted by Crippen LogP contribution is -2.03. The average molecular weight is 505 g/mol. The summed E-state index contributed by atoms with van der Waals surface area (Å²) in [7, 11) is 3.01. The van der Waals surface area contributed by atoms with Gasteiger partial charge in [-0.15, -0.1) is 15.3 Å². The molecule has 0 saturated carbocycles. The highest BCUT2D eigenvalue weighted by Gasteiger charge is 2.29. The highest BCUT2D eigenvalue weighted by molar-refractivity contribution is 5.88. The second-order valence-corrected chi connectivity index (χ2v) is 7.89. The van der Waals surface area contributed by atoms with Crippen LogP contribution in [0, 0.1) is 0 Å². The lowest BCUT2D eigenvalue weighted by Gasteiger charge is -2.18. The molecule has 3 aromatic heterocycles. The number of para-hydroxylation sites is 1. The average Bonchev–Trinajstić information content (AvgIpc) is 3.54. The molecule has 0 radical (unpaired) electrons. The van der Waals surface area contributed by atoms with E-state index in [1.807, 2.05) is 31.2 Å². The van der Waals surface area contributed by atoms with E-state index in [1.165, 1.54) is 14.2 Å². The monoisotopic (exact) mass is 504 g/mol. The zero-order chi connectivity index (χ0) is 25.9. The number of methoxy groups -OCH3 is 2. The fourth-order valence-electron chi connectivity index (χ4n) is 4.05. The molecule has 2 aromatic carbocycles. The molecule has 0 aliphatic rings. The number of pyridine rings is 1. The topological polar surface area (TPSA) is 151 Å². The Morgan fingerprint density at radius 3 is 2.38 bits per heavy atom. The van der Waals surface area contributed by atoms with Crippen LogP contribution in [0.25, 0.3) is 33.6 Å². The molecule has 0 amide bonds. The minimum absolute atomic E-state index is 0.0168. The maximum atomic E-state index is 11.5. The van der Waals surface area contributed by atoms with Crippen molar-refractivity contribution >= 4 is 11.0 Å². The van der Waals surface area contributed by atoms with Crippen molar-refractivity contribution in [1.82, 2.24) is 30.2 Å². The Morgan fingerprint density at radius 2 is 1.65 bits per heavy atom. The van der Waals surface area contributed by atoms with E-state index in [0.717, 1.165) is 11.0 Å². The van der Waals surface area contributed by atoms with Crippen molar-refractivity contribution in [2.24, 2.45) is 0 Å². The Hall–Kier alpha value is -4.71. The molecule has 37 heavy (non-hydrogen) atoms. The van der Waals surface area contributed by atoms with E-state index >= 15 is 0 Å². The summed E-state index contributed by atoms with van der Waals surface area (Å²) in [4.78, 5) is 4.31. The SMILES string of the molecule is CCOCc1nc(O)c(-c2nnc(Cn3nnc4ccccc43)o2)c(O)c1-c1c(OC)cccc1OC. The van der Waals surface area contributed by atoms with Gasteiger partial charge in [0.15, 0.2) is 0 Å². The number of fused-ring (bicyclic) bond motifs is 1. The van der Waals surface area contributed by atoms with Crippen LogP contribution in [0.3, 0.4) is 0 Å². The third kappa shape index (κ3) is 4.38. The van der Waals surface area contributed by atoms with Gasteiger partial charge in [-0.25, -0.2) is 9.67 Å². The van der Waals surface area contributed by atoms with Gasteiger partial charge < -0.3 is 28.8 Å². The predicted octanol–water partition coefficient (Wildman–Crippen LogP) is 3.56. The molecule has 0 atom stereocenters. The zero-order valence-corrected chi connectivity index (χ0v) is 20.4. The third-order valence-corrected chi connectivity index (χ3v) is 5.73. The molecule has 5 rings (SSSR count). The maximum absolute atomic E-state index is 11.5. The summed E-state index contributed by atoms with van der Waals surface area (Å²) in [5, 5.41) is 38.7. The smallest absolute Gasteiger partial charge is 0.257 e. The molecular formula is C25H24N6O6. The summed E-state index contributed by atoms with van der Waals surface area (Å²) in [5.74, 6) is 0.0853. The van der Waals surface area contributed by atoms with Crippen LogP contribution in [0.1, 0.15) is 18.5 Å². The highest BCUT2D eigenvalue weighted by atomic mass is 16.5. The molecule has 5 aromatic rings. The number of benzene rings is 2. The van der Waals surface area contributed by atoms with Gasteiger partial charge in [0.1, 0.15) is 34.9 Å². The van der Waals surface area contributed by atoms with Crippen LogP contribution in [0.15, 0.2) is 46.9 Å². The molecule has 0 fully saturated rings. The second kappa shape index (κ2) is 10.1. The first kappa shape index (κ1) is 24.0. The Morgan fingerprint density at radius 1 is 0.892 bits per heavy atom. The van der Waals surface area contributed by atoms with Gasteiger partial charge in [0.25, 0.3) is 5.89 Å². The first-order chi connectivity index (χ1) is 18.0. The molecule has 3 heterocycles. The van der Waals surface area contributed by atoms with E-state index in [4.69, 9.17) is 18.6 Å². The van der Waals surface area contributed by atoms with Gasteiger partial charge in [-0.1, -0.05) is 23.4 Å². The maximum Gasteiger partial charge on any atom is 0.257 e. The van der Waals surface area contributed by atoms with Gasteiger partial charge >= 0.3 is 0 Å². The number of hydrogen-bond acceptors (Lipinski definition) is 11. The van der Waals surface area contributed by atoms with Gasteiger partial charge in [-0.3, -0.25) is 0 Å². The minimum Gasteiger partial charge on any atom is -0.506 e. The summed E-state index contributed by atoms with van der Waals surface area (Å²) in [5.41, 5.74) is 2.34. The van der Waals surface area contributed by atoms with Gasteiger partial charge in [0.2, 0.25) is 11.8 Å². The molecular weight excluding hydrogens is 480 g/mol. The van der Waals surface area contributed by atoms with E-state index in [1.54, 1.807) is 22.9 Å². The second-order valence-electron chi connectivity index (χ2n) is 7.89. The quantitative estimate of drug-likeness (QED) is 0.303. The standard InChI is InChI=1S/C25H24N6O6/c1-4-36-13-15-20(21-17(34-2)10-7-11-18(21)35-3)23(32)22(24(33)26-15)25-29-28-19(37-25)12-31-16-9-6-5-8-14(16)27-30-31/h5-11H,4,12-13H2,1-3H3,(H2,26,32,33). The summed E-state index contributed by atoms with van der Waals surface area (Å²) in [6, 6.07) is 12.7. The van der Waals surface area contributed by atoms with Gasteiger partial charge in [0.05, 0.1) is 43.2 Å². The Labute approximate surface area is 211 Å². The summed E-state index contributed by atoms with van der Waals surface area (Å²) < 4.78 is 24.1. The Bertz CT molecular complexity index is 1540. The van der Waals surface area contributed by atoms with Gasteiger partial charge in [-0.05, 0) is 31.2 Å². The number of aromatic hydroxyl groups is 2. The van der Waals surface area contributed by atoms with Crippen LogP contribution >= 0.6 is 0 Å². The van der Waals surface area contributed by atoms with E-state index in [-0.39, 0.29) is 47.5 Å². The van der Waals surface area contributed by atoms with Crippen molar-refractivity contribution in [1.29, 1.82) is 0 Å². The van der Waals surface area contributed by atoms with Crippen molar-refractivity contribution in [3.63, 3.8) is 0 Å². The number of nitrogens with zero attached hydrogens (tertiary/aromatic N) is 6. The van der Waals surface area contributed by atoms with Crippen molar-refractivity contribution in [3.8, 4) is 45.7 Å². The van der Waals surface area contributed by atoms with Gasteiger partial charge in [0, 0.05) is 6.61 Å². The number of rotatable bonds is 9. The number of hydrogen-bond donors (Lipinski definition) is 2. The molecule has 12 heteroatoms. The van der Waals surface area contributed by atoms with Crippen molar-refractivity contribution in [2.45, 2.75) is 20.1 Å². The fourth-order valence-corrected chi connectivity index (χ4v) is 4.05. The van der Waals surface area contributed by atoms with Crippen LogP contribution in [0.5, 0.6) is 23.1 Å². The molecule has 0 unspecified atom stereocenters. The van der Waals surface area contributed by atoms with Crippen LogP contribution in [-0.2, 0) is 17.9 Å². The summed E-state index contributed by atoms with van der Waals surface area (Å²) in [6.07, 6.45) is 0. The van der Waals surface area contributed by atoms with E-state index in [2.05, 4.69) is 25.5 Å². The van der Waals surface area contributed by atoms with Crippen LogP contribution in [0.2, 0.25) is 0 Å². The van der Waals surface area contributed by atoms with Gasteiger partial charge in [-0.2, -0.15) is 0 Å². The van der Waals surface area contributed by atoms with Crippen LogP contribution < -0.4 is 9.47 Å². The summed E-state index contributed by atoms with van der Waals surface area (Å²) in [6.45, 7) is 2.38. The Balaban J connectivity index is 1.62. The fraction of sp³-hybridized carbons (Fsp3) is 0.240. The molecule has 0 saturated heterocycles. The largest absolute Gasteiger partial charge is 0.506 e. The van der Waals surface area contributed by atoms with E-state index in [0.29, 0.717) is 23.7 Å². The summed E-state index contributed by atoms with van der Waals surface area (Å²) >= 11 is 0. The molecule has 0 bridgehead atoms. The molecule has 190 valence electrons. The van der Waals surface area contributed by atoms with Crippen LogP contribution in [-0.4, -0.2) is 61.2 Å². The van der Waals surface area contributed by atoms with Crippen molar-refractivity contribution < 1.29 is 28.8 Å². The van der Waals surface area contributed by atoms with Crippen molar-refractivity contribution in [3.05, 3.63) is 54.0 Å². The predicted molar refractivity (Wildman–Crippen MR) is 131 cm³/mol. The molecule has 0 aliphatic heterocycles. The molecule has 12 nitrogen and oxygen atoms in total. The normalized spacial score (nSPS) is 11.2. The van der Waals surface area contributed by atoms with Crippen molar-refractivity contribution in [2.75, 3.05) is 20.8 Å². The van der Waals surface area contributed by atoms with E-state index in [9.17, 15) is 10.2 Å². The lowest BCUT2D eigenvalue weighted by atomic mass is 9.98. The minimum atomic E-state index is -0.494. The first-order valence-electron chi connectivity index (χ1n) is 11.4. The van der Waals surface area contributed by atoms with Crippen LogP contribution in [0.4, 0.5) is 0 Å². The molecule has 0 spiro atoms. The Kier molecular flexibility index (Phi) is 6.56.